The molecule has 0 spiro atoms. The Morgan fingerprint density at radius 1 is 1.10 bits per heavy atom. The van der Waals surface area contributed by atoms with Gasteiger partial charge in [-0.05, 0) is 12.1 Å². The molecule has 2 heterocycles. The third kappa shape index (κ3) is 1.93. The fraction of sp³-hybridized carbons (Fsp3) is 0.133. The molecule has 0 fully saturated rings. The molecule has 3 rings (SSSR count). The first kappa shape index (κ1) is 12.3. The van der Waals surface area contributed by atoms with Crippen molar-refractivity contribution in [3.63, 3.8) is 0 Å². The summed E-state index contributed by atoms with van der Waals surface area (Å²) in [6.45, 7) is 0. The smallest absolute Gasteiger partial charge is 0.176 e. The second-order valence-corrected chi connectivity index (χ2v) is 4.21. The highest BCUT2D eigenvalue weighted by atomic mass is 16.5. The van der Waals surface area contributed by atoms with E-state index in [1.807, 2.05) is 36.7 Å². The number of para-hydroxylation sites is 1. The van der Waals surface area contributed by atoms with Gasteiger partial charge in [-0.15, -0.1) is 0 Å². The maximum absolute atomic E-state index is 5.46. The number of nitrogens with one attached hydrogen (secondary N) is 1. The van der Waals surface area contributed by atoms with Crippen LogP contribution >= 0.6 is 0 Å². The molecule has 2 aromatic heterocycles. The zero-order chi connectivity index (χ0) is 13.9. The van der Waals surface area contributed by atoms with Crippen LogP contribution in [0.1, 0.15) is 0 Å². The van der Waals surface area contributed by atoms with Crippen LogP contribution in [0.5, 0.6) is 11.5 Å². The zero-order valence-electron chi connectivity index (χ0n) is 11.2. The van der Waals surface area contributed by atoms with Crippen LogP contribution < -0.4 is 9.47 Å². The average molecular weight is 270 g/mol. The third-order valence-electron chi connectivity index (χ3n) is 3.12. The predicted octanol–water partition coefficient (Wildman–Crippen LogP) is 3.35. The minimum absolute atomic E-state index is 0.662. The van der Waals surface area contributed by atoms with Crippen molar-refractivity contribution in [1.29, 1.82) is 0 Å². The van der Waals surface area contributed by atoms with Crippen molar-refractivity contribution < 1.29 is 14.0 Å². The van der Waals surface area contributed by atoms with Crippen molar-refractivity contribution in [3.8, 4) is 33.9 Å². The number of nitrogens with zero attached hydrogens (tertiary/aromatic N) is 1. The van der Waals surface area contributed by atoms with Crippen LogP contribution in [0, 0.1) is 0 Å². The molecule has 102 valence electrons. The Hall–Kier alpha value is -2.69. The molecule has 5 heteroatoms. The quantitative estimate of drug-likeness (QED) is 0.789. The van der Waals surface area contributed by atoms with Gasteiger partial charge in [0.15, 0.2) is 17.3 Å². The number of aromatic amines is 1. The summed E-state index contributed by atoms with van der Waals surface area (Å²) in [5.74, 6) is 2.03. The van der Waals surface area contributed by atoms with E-state index in [-0.39, 0.29) is 0 Å². The second kappa shape index (κ2) is 5.13. The molecule has 0 aliphatic carbocycles. The SMILES string of the molecule is COc1cccc(-c2cnoc2-c2cc[nH]c2)c1OC. The Balaban J connectivity index is 2.18. The van der Waals surface area contributed by atoms with Crippen LogP contribution in [-0.2, 0) is 0 Å². The van der Waals surface area contributed by atoms with Crippen molar-refractivity contribution in [1.82, 2.24) is 10.1 Å². The number of methoxy groups -OCH3 is 2. The highest BCUT2D eigenvalue weighted by molar-refractivity contribution is 5.83. The fourth-order valence-corrected chi connectivity index (χ4v) is 2.20. The molecule has 0 aliphatic heterocycles. The summed E-state index contributed by atoms with van der Waals surface area (Å²) in [4.78, 5) is 3.00. The van der Waals surface area contributed by atoms with Crippen molar-refractivity contribution in [2.75, 3.05) is 14.2 Å². The Bertz CT molecular complexity index is 702. The highest BCUT2D eigenvalue weighted by Gasteiger charge is 2.18. The van der Waals surface area contributed by atoms with Gasteiger partial charge in [0, 0.05) is 23.5 Å². The van der Waals surface area contributed by atoms with Crippen molar-refractivity contribution >= 4 is 0 Å². The lowest BCUT2D eigenvalue weighted by molar-refractivity contribution is 0.356. The van der Waals surface area contributed by atoms with E-state index in [2.05, 4.69) is 10.1 Å². The highest BCUT2D eigenvalue weighted by Crippen LogP contribution is 2.41. The summed E-state index contributed by atoms with van der Waals surface area (Å²) in [5.41, 5.74) is 2.67. The second-order valence-electron chi connectivity index (χ2n) is 4.21. The standard InChI is InChI=1S/C15H14N2O3/c1-18-13-5-3-4-11(15(13)19-2)12-9-17-20-14(12)10-6-7-16-8-10/h3-9,16H,1-2H3. The fourth-order valence-electron chi connectivity index (χ4n) is 2.20. The lowest BCUT2D eigenvalue weighted by Crippen LogP contribution is -1.93. The van der Waals surface area contributed by atoms with Gasteiger partial charge in [-0.1, -0.05) is 17.3 Å². The molecule has 0 aliphatic rings. The molecule has 1 N–H and O–H groups in total. The van der Waals surface area contributed by atoms with Crippen molar-refractivity contribution in [2.45, 2.75) is 0 Å². The monoisotopic (exact) mass is 270 g/mol. The number of H-pyrrole nitrogens is 1. The van der Waals surface area contributed by atoms with E-state index in [1.54, 1.807) is 20.4 Å². The van der Waals surface area contributed by atoms with Crippen LogP contribution in [0.3, 0.4) is 0 Å². The molecule has 0 atom stereocenters. The summed E-state index contributed by atoms with van der Waals surface area (Å²) >= 11 is 0. The molecular weight excluding hydrogens is 256 g/mol. The van der Waals surface area contributed by atoms with Crippen LogP contribution in [0.15, 0.2) is 47.4 Å². The van der Waals surface area contributed by atoms with Crippen molar-refractivity contribution in [3.05, 3.63) is 42.9 Å². The Labute approximate surface area is 116 Å². The van der Waals surface area contributed by atoms with Gasteiger partial charge in [0.05, 0.1) is 26.0 Å². The number of rotatable bonds is 4. The molecule has 0 saturated heterocycles. The Kier molecular flexibility index (Phi) is 3.16. The van der Waals surface area contributed by atoms with E-state index >= 15 is 0 Å². The van der Waals surface area contributed by atoms with Crippen LogP contribution in [0.2, 0.25) is 0 Å². The van der Waals surface area contributed by atoms with Gasteiger partial charge < -0.3 is 19.0 Å². The minimum Gasteiger partial charge on any atom is -0.493 e. The summed E-state index contributed by atoms with van der Waals surface area (Å²) in [6, 6.07) is 7.64. The van der Waals surface area contributed by atoms with Crippen LogP contribution in [0.25, 0.3) is 22.5 Å². The lowest BCUT2D eigenvalue weighted by Gasteiger charge is -2.11. The predicted molar refractivity (Wildman–Crippen MR) is 74.8 cm³/mol. The van der Waals surface area contributed by atoms with Gasteiger partial charge in [0.25, 0.3) is 0 Å². The first-order valence-corrected chi connectivity index (χ1v) is 6.14. The maximum Gasteiger partial charge on any atom is 0.176 e. The van der Waals surface area contributed by atoms with Gasteiger partial charge in [-0.3, -0.25) is 0 Å². The molecule has 0 radical (unpaired) electrons. The van der Waals surface area contributed by atoms with E-state index in [9.17, 15) is 0 Å². The van der Waals surface area contributed by atoms with Crippen molar-refractivity contribution in [2.24, 2.45) is 0 Å². The third-order valence-corrected chi connectivity index (χ3v) is 3.12. The first-order chi connectivity index (χ1) is 9.85. The molecule has 5 nitrogen and oxygen atoms in total. The lowest BCUT2D eigenvalue weighted by atomic mass is 10.0. The number of hydrogen-bond donors (Lipinski definition) is 1. The van der Waals surface area contributed by atoms with Crippen LogP contribution in [-0.4, -0.2) is 24.4 Å². The van der Waals surface area contributed by atoms with Crippen LogP contribution in [0.4, 0.5) is 0 Å². The van der Waals surface area contributed by atoms with Gasteiger partial charge in [0.2, 0.25) is 0 Å². The molecule has 0 saturated carbocycles. The van der Waals surface area contributed by atoms with Gasteiger partial charge in [-0.25, -0.2) is 0 Å². The average Bonchev–Trinajstić information content (AvgIpc) is 3.16. The molecule has 0 bridgehead atoms. The summed E-state index contributed by atoms with van der Waals surface area (Å²) < 4.78 is 16.2. The summed E-state index contributed by atoms with van der Waals surface area (Å²) in [6.07, 6.45) is 5.38. The summed E-state index contributed by atoms with van der Waals surface area (Å²) in [7, 11) is 3.23. The Morgan fingerprint density at radius 2 is 2.00 bits per heavy atom. The van der Waals surface area contributed by atoms with Gasteiger partial charge >= 0.3 is 0 Å². The van der Waals surface area contributed by atoms with E-state index in [0.29, 0.717) is 17.3 Å². The molecule has 20 heavy (non-hydrogen) atoms. The Morgan fingerprint density at radius 3 is 2.70 bits per heavy atom. The summed E-state index contributed by atoms with van der Waals surface area (Å²) in [5, 5.41) is 3.90. The van der Waals surface area contributed by atoms with Gasteiger partial charge in [-0.2, -0.15) is 0 Å². The number of benzene rings is 1. The first-order valence-electron chi connectivity index (χ1n) is 6.14. The van der Waals surface area contributed by atoms with E-state index < -0.39 is 0 Å². The van der Waals surface area contributed by atoms with Gasteiger partial charge in [0.1, 0.15) is 0 Å². The minimum atomic E-state index is 0.662. The van der Waals surface area contributed by atoms with E-state index in [4.69, 9.17) is 14.0 Å². The number of ether oxygens (including phenoxy) is 2. The molecule has 0 amide bonds. The number of hydrogen-bond acceptors (Lipinski definition) is 4. The largest absolute Gasteiger partial charge is 0.493 e. The molecule has 1 aromatic carbocycles. The molecule has 3 aromatic rings. The number of aromatic nitrogens is 2. The molecular formula is C15H14N2O3. The van der Waals surface area contributed by atoms with E-state index in [0.717, 1.165) is 16.7 Å². The van der Waals surface area contributed by atoms with E-state index in [1.165, 1.54) is 0 Å². The molecule has 0 unspecified atom stereocenters. The normalized spacial score (nSPS) is 10.5. The maximum atomic E-state index is 5.46. The topological polar surface area (TPSA) is 60.3 Å². The zero-order valence-corrected chi connectivity index (χ0v) is 11.2.